The molecule has 1 aromatic heterocycles. The number of hydrogen-bond donors (Lipinski definition) is 1. The van der Waals surface area contributed by atoms with Gasteiger partial charge in [-0.2, -0.15) is 4.31 Å². The first-order valence-corrected chi connectivity index (χ1v) is 10.9. The third-order valence-corrected chi connectivity index (χ3v) is 6.74. The predicted octanol–water partition coefficient (Wildman–Crippen LogP) is 3.16. The summed E-state index contributed by atoms with van der Waals surface area (Å²) in [6.07, 6.45) is 1.33. The van der Waals surface area contributed by atoms with Gasteiger partial charge in [0, 0.05) is 26.3 Å². The van der Waals surface area contributed by atoms with Crippen LogP contribution in [-0.2, 0) is 26.6 Å². The van der Waals surface area contributed by atoms with Crippen LogP contribution in [0.2, 0.25) is 10.0 Å². The lowest BCUT2D eigenvalue weighted by atomic mass is 10.3. The highest BCUT2D eigenvalue weighted by Gasteiger charge is 2.26. The molecule has 1 amide bonds. The molecule has 0 saturated carbocycles. The number of para-hydroxylation sites is 1. The molecule has 1 heterocycles. The third kappa shape index (κ3) is 5.30. The van der Waals surface area contributed by atoms with Crippen molar-refractivity contribution >= 4 is 50.8 Å². The summed E-state index contributed by atoms with van der Waals surface area (Å²) >= 11 is 12.0. The lowest BCUT2D eigenvalue weighted by Crippen LogP contribution is -2.30. The molecule has 0 aliphatic heterocycles. The Morgan fingerprint density at radius 3 is 2.31 bits per heavy atom. The second kappa shape index (κ2) is 9.62. The number of anilines is 1. The van der Waals surface area contributed by atoms with Crippen LogP contribution >= 0.6 is 23.2 Å². The standard InChI is InChI=1S/C18H21Cl2N3O5S/c1-4-23(5-2)29(26,27)12-9-15(22(3)10-12)18(25)28-11-16(24)21-17-13(19)7-6-8-14(17)20/h6-10H,4-5,11H2,1-3H3,(H,21,24). The van der Waals surface area contributed by atoms with E-state index in [1.54, 1.807) is 32.0 Å². The van der Waals surface area contributed by atoms with Gasteiger partial charge in [-0.3, -0.25) is 4.79 Å². The molecule has 0 atom stereocenters. The number of rotatable bonds is 8. The smallest absolute Gasteiger partial charge is 0.355 e. The summed E-state index contributed by atoms with van der Waals surface area (Å²) in [5.41, 5.74) is 0.211. The Labute approximate surface area is 179 Å². The molecule has 158 valence electrons. The molecule has 2 aromatic rings. The summed E-state index contributed by atoms with van der Waals surface area (Å²) in [6.45, 7) is 3.46. The molecule has 0 radical (unpaired) electrons. The number of benzene rings is 1. The largest absolute Gasteiger partial charge is 0.451 e. The Hall–Kier alpha value is -2.07. The first kappa shape index (κ1) is 23.2. The van der Waals surface area contributed by atoms with Crippen LogP contribution < -0.4 is 5.32 Å². The topological polar surface area (TPSA) is 97.7 Å². The van der Waals surface area contributed by atoms with E-state index in [1.165, 1.54) is 28.2 Å². The number of halogens is 2. The highest BCUT2D eigenvalue weighted by molar-refractivity contribution is 7.89. The molecule has 0 saturated heterocycles. The number of sulfonamides is 1. The van der Waals surface area contributed by atoms with E-state index >= 15 is 0 Å². The first-order valence-electron chi connectivity index (χ1n) is 8.69. The Bertz CT molecular complexity index is 996. The molecule has 0 bridgehead atoms. The van der Waals surface area contributed by atoms with E-state index in [0.29, 0.717) is 13.1 Å². The van der Waals surface area contributed by atoms with E-state index in [-0.39, 0.29) is 26.3 Å². The summed E-state index contributed by atoms with van der Waals surface area (Å²) in [5.74, 6) is -1.48. The number of amides is 1. The molecule has 11 heteroatoms. The van der Waals surface area contributed by atoms with Gasteiger partial charge in [0.05, 0.1) is 15.7 Å². The maximum Gasteiger partial charge on any atom is 0.355 e. The van der Waals surface area contributed by atoms with Crippen LogP contribution in [0.4, 0.5) is 5.69 Å². The molecule has 0 spiro atoms. The van der Waals surface area contributed by atoms with E-state index in [2.05, 4.69) is 5.32 Å². The Morgan fingerprint density at radius 2 is 1.76 bits per heavy atom. The number of aryl methyl sites for hydroxylation is 1. The van der Waals surface area contributed by atoms with E-state index in [4.69, 9.17) is 27.9 Å². The SMILES string of the molecule is CCN(CC)S(=O)(=O)c1cc(C(=O)OCC(=O)Nc2c(Cl)cccc2Cl)n(C)c1. The van der Waals surface area contributed by atoms with Crippen molar-refractivity contribution in [3.8, 4) is 0 Å². The van der Waals surface area contributed by atoms with Gasteiger partial charge in [0.2, 0.25) is 10.0 Å². The lowest BCUT2D eigenvalue weighted by Gasteiger charge is -2.17. The van der Waals surface area contributed by atoms with E-state index in [9.17, 15) is 18.0 Å². The van der Waals surface area contributed by atoms with Gasteiger partial charge in [0.25, 0.3) is 5.91 Å². The molecular formula is C18H21Cl2N3O5S. The van der Waals surface area contributed by atoms with Gasteiger partial charge in [-0.15, -0.1) is 0 Å². The van der Waals surface area contributed by atoms with Crippen molar-refractivity contribution in [2.24, 2.45) is 7.05 Å². The Balaban J connectivity index is 2.08. The van der Waals surface area contributed by atoms with Crippen molar-refractivity contribution in [1.29, 1.82) is 0 Å². The number of aromatic nitrogens is 1. The Kier molecular flexibility index (Phi) is 7.70. The predicted molar refractivity (Wildman–Crippen MR) is 111 cm³/mol. The minimum Gasteiger partial charge on any atom is -0.451 e. The van der Waals surface area contributed by atoms with Gasteiger partial charge in [-0.1, -0.05) is 43.1 Å². The van der Waals surface area contributed by atoms with Gasteiger partial charge in [-0.25, -0.2) is 13.2 Å². The van der Waals surface area contributed by atoms with Crippen LogP contribution in [0, 0.1) is 0 Å². The number of nitrogens with zero attached hydrogens (tertiary/aromatic N) is 2. The number of ether oxygens (including phenoxy) is 1. The molecule has 2 rings (SSSR count). The Morgan fingerprint density at radius 1 is 1.17 bits per heavy atom. The van der Waals surface area contributed by atoms with Gasteiger partial charge in [-0.05, 0) is 18.2 Å². The minimum atomic E-state index is -3.72. The average molecular weight is 462 g/mol. The fourth-order valence-electron chi connectivity index (χ4n) is 2.59. The molecule has 0 unspecified atom stereocenters. The highest BCUT2D eigenvalue weighted by Crippen LogP contribution is 2.29. The normalized spacial score (nSPS) is 11.5. The van der Waals surface area contributed by atoms with Crippen molar-refractivity contribution in [2.75, 3.05) is 25.0 Å². The lowest BCUT2D eigenvalue weighted by molar-refractivity contribution is -0.119. The second-order valence-corrected chi connectivity index (χ2v) is 8.73. The molecular weight excluding hydrogens is 441 g/mol. The molecule has 1 aromatic carbocycles. The molecule has 1 N–H and O–H groups in total. The number of nitrogens with one attached hydrogen (secondary N) is 1. The van der Waals surface area contributed by atoms with Gasteiger partial charge in [0.15, 0.2) is 6.61 Å². The zero-order valence-electron chi connectivity index (χ0n) is 16.1. The zero-order valence-corrected chi connectivity index (χ0v) is 18.4. The van der Waals surface area contributed by atoms with Crippen molar-refractivity contribution < 1.29 is 22.7 Å². The average Bonchev–Trinajstić information content (AvgIpc) is 3.06. The van der Waals surface area contributed by atoms with Crippen molar-refractivity contribution in [2.45, 2.75) is 18.7 Å². The second-order valence-electron chi connectivity index (χ2n) is 5.98. The van der Waals surface area contributed by atoms with Crippen LogP contribution in [0.5, 0.6) is 0 Å². The summed E-state index contributed by atoms with van der Waals surface area (Å²) < 4.78 is 32.8. The summed E-state index contributed by atoms with van der Waals surface area (Å²) in [5, 5.41) is 2.95. The van der Waals surface area contributed by atoms with Gasteiger partial charge >= 0.3 is 5.97 Å². The number of carbonyl (C=O) groups is 2. The fraction of sp³-hybridized carbons (Fsp3) is 0.333. The van der Waals surface area contributed by atoms with E-state index in [0.717, 1.165) is 0 Å². The first-order chi connectivity index (χ1) is 13.6. The van der Waals surface area contributed by atoms with Crippen LogP contribution in [0.1, 0.15) is 24.3 Å². The van der Waals surface area contributed by atoms with E-state index in [1.807, 2.05) is 0 Å². The fourth-order valence-corrected chi connectivity index (χ4v) is 4.61. The minimum absolute atomic E-state index is 0.000642. The van der Waals surface area contributed by atoms with Gasteiger partial charge < -0.3 is 14.6 Å². The summed E-state index contributed by atoms with van der Waals surface area (Å²) in [7, 11) is -2.21. The van der Waals surface area contributed by atoms with Crippen molar-refractivity contribution in [3.63, 3.8) is 0 Å². The monoisotopic (exact) mass is 461 g/mol. The molecule has 0 fully saturated rings. The van der Waals surface area contributed by atoms with Crippen molar-refractivity contribution in [1.82, 2.24) is 8.87 Å². The number of carbonyl (C=O) groups excluding carboxylic acids is 2. The van der Waals surface area contributed by atoms with Crippen LogP contribution in [-0.4, -0.2) is 48.9 Å². The maximum atomic E-state index is 12.6. The quantitative estimate of drug-likeness (QED) is 0.608. The van der Waals surface area contributed by atoms with Crippen LogP contribution in [0.3, 0.4) is 0 Å². The van der Waals surface area contributed by atoms with Crippen molar-refractivity contribution in [3.05, 3.63) is 46.2 Å². The van der Waals surface area contributed by atoms with Crippen LogP contribution in [0.15, 0.2) is 35.4 Å². The number of esters is 1. The number of hydrogen-bond acceptors (Lipinski definition) is 5. The maximum absolute atomic E-state index is 12.6. The third-order valence-electron chi connectivity index (χ3n) is 4.09. The molecule has 0 aliphatic carbocycles. The summed E-state index contributed by atoms with van der Waals surface area (Å²) in [6, 6.07) is 5.95. The molecule has 29 heavy (non-hydrogen) atoms. The highest BCUT2D eigenvalue weighted by atomic mass is 35.5. The van der Waals surface area contributed by atoms with E-state index < -0.39 is 28.5 Å². The van der Waals surface area contributed by atoms with Crippen LogP contribution in [0.25, 0.3) is 0 Å². The zero-order chi connectivity index (χ0) is 21.8. The molecule has 8 nitrogen and oxygen atoms in total. The molecule has 0 aliphatic rings. The van der Waals surface area contributed by atoms with Gasteiger partial charge in [0.1, 0.15) is 10.6 Å². The summed E-state index contributed by atoms with van der Waals surface area (Å²) in [4.78, 5) is 24.4.